The summed E-state index contributed by atoms with van der Waals surface area (Å²) in [6, 6.07) is 7.95. The Balaban J connectivity index is 2.14. The van der Waals surface area contributed by atoms with Gasteiger partial charge < -0.3 is 10.6 Å². The molecule has 5 nitrogen and oxygen atoms in total. The van der Waals surface area contributed by atoms with Gasteiger partial charge in [0.1, 0.15) is 0 Å². The molecule has 2 N–H and O–H groups in total. The second kappa shape index (κ2) is 5.77. The topological polar surface area (TPSA) is 62.7 Å². The molecule has 0 bridgehead atoms. The number of hydrogen-bond acceptors (Lipinski definition) is 5. The Bertz CT molecular complexity index is 538. The number of benzene rings is 1. The van der Waals surface area contributed by atoms with Crippen LogP contribution in [0.2, 0.25) is 0 Å². The number of anilines is 3. The summed E-state index contributed by atoms with van der Waals surface area (Å²) in [6.45, 7) is 6.30. The minimum absolute atomic E-state index is 0.471. The summed E-state index contributed by atoms with van der Waals surface area (Å²) in [5.74, 6) is 1.14. The van der Waals surface area contributed by atoms with Crippen LogP contribution in [0, 0.1) is 6.92 Å². The first-order valence-electron chi connectivity index (χ1n) is 5.67. The van der Waals surface area contributed by atoms with Crippen LogP contribution in [0.15, 0.2) is 43.1 Å². The van der Waals surface area contributed by atoms with Crippen molar-refractivity contribution in [3.8, 4) is 0 Å². The van der Waals surface area contributed by atoms with E-state index in [1.165, 1.54) is 0 Å². The molecule has 0 aliphatic heterocycles. The molecule has 1 aromatic heterocycles. The van der Waals surface area contributed by atoms with Gasteiger partial charge in [-0.2, -0.15) is 10.1 Å². The fourth-order valence-corrected chi connectivity index (χ4v) is 1.45. The lowest BCUT2D eigenvalue weighted by atomic mass is 10.2. The first kappa shape index (κ1) is 12.0. The highest BCUT2D eigenvalue weighted by molar-refractivity contribution is 5.58. The highest BCUT2D eigenvalue weighted by Crippen LogP contribution is 2.17. The predicted octanol–water partition coefficient (Wildman–Crippen LogP) is 2.52. The maximum Gasteiger partial charge on any atom is 0.249 e. The van der Waals surface area contributed by atoms with E-state index in [2.05, 4.69) is 32.4 Å². The van der Waals surface area contributed by atoms with Crippen molar-refractivity contribution in [2.45, 2.75) is 6.92 Å². The average Bonchev–Trinajstić information content (AvgIpc) is 2.40. The molecule has 0 saturated carbocycles. The van der Waals surface area contributed by atoms with Crippen LogP contribution in [0.3, 0.4) is 0 Å². The van der Waals surface area contributed by atoms with Crippen LogP contribution in [0.25, 0.3) is 0 Å². The summed E-state index contributed by atoms with van der Waals surface area (Å²) >= 11 is 0. The number of rotatable bonds is 5. The van der Waals surface area contributed by atoms with Gasteiger partial charge >= 0.3 is 0 Å². The van der Waals surface area contributed by atoms with Crippen LogP contribution in [0.1, 0.15) is 5.56 Å². The fraction of sp³-hybridized carbons (Fsp3) is 0.154. The fourth-order valence-electron chi connectivity index (χ4n) is 1.45. The van der Waals surface area contributed by atoms with Gasteiger partial charge in [0, 0.05) is 12.2 Å². The Labute approximate surface area is 106 Å². The lowest BCUT2D eigenvalue weighted by molar-refractivity contribution is 0.975. The molecule has 2 rings (SSSR count). The van der Waals surface area contributed by atoms with E-state index in [9.17, 15) is 0 Å². The van der Waals surface area contributed by atoms with Crippen LogP contribution >= 0.6 is 0 Å². The van der Waals surface area contributed by atoms with Crippen LogP contribution < -0.4 is 10.6 Å². The summed E-state index contributed by atoms with van der Waals surface area (Å²) < 4.78 is 0. The van der Waals surface area contributed by atoms with E-state index >= 15 is 0 Å². The minimum atomic E-state index is 0.471. The Morgan fingerprint density at radius 1 is 1.33 bits per heavy atom. The van der Waals surface area contributed by atoms with Crippen LogP contribution in [-0.4, -0.2) is 21.7 Å². The Morgan fingerprint density at radius 2 is 2.17 bits per heavy atom. The third-order valence-corrected chi connectivity index (χ3v) is 2.38. The van der Waals surface area contributed by atoms with Gasteiger partial charge in [-0.25, -0.2) is 0 Å². The smallest absolute Gasteiger partial charge is 0.249 e. The second-order valence-corrected chi connectivity index (χ2v) is 3.77. The van der Waals surface area contributed by atoms with Crippen molar-refractivity contribution in [1.29, 1.82) is 0 Å². The summed E-state index contributed by atoms with van der Waals surface area (Å²) in [5.41, 5.74) is 2.10. The highest BCUT2D eigenvalue weighted by Gasteiger charge is 2.02. The maximum atomic E-state index is 4.30. The van der Waals surface area contributed by atoms with E-state index < -0.39 is 0 Å². The standard InChI is InChI=1S/C13H15N5/c1-3-8-14-12-9-15-18-13(17-12)16-11-7-5-4-6-10(11)2/h3-7,9H,1,8H2,2H3,(H2,14,16,17,18). The molecule has 2 aromatic rings. The van der Waals surface area contributed by atoms with E-state index in [-0.39, 0.29) is 0 Å². The summed E-state index contributed by atoms with van der Waals surface area (Å²) in [7, 11) is 0. The van der Waals surface area contributed by atoms with E-state index in [0.717, 1.165) is 11.3 Å². The van der Waals surface area contributed by atoms with Gasteiger partial charge in [-0.3, -0.25) is 0 Å². The summed E-state index contributed by atoms with van der Waals surface area (Å²) in [4.78, 5) is 4.30. The molecule has 1 heterocycles. The molecule has 0 radical (unpaired) electrons. The zero-order chi connectivity index (χ0) is 12.8. The van der Waals surface area contributed by atoms with Crippen LogP contribution in [0.4, 0.5) is 17.5 Å². The lowest BCUT2D eigenvalue weighted by Crippen LogP contribution is -2.05. The Hall–Kier alpha value is -2.43. The predicted molar refractivity (Wildman–Crippen MR) is 73.0 cm³/mol. The third kappa shape index (κ3) is 3.04. The minimum Gasteiger partial charge on any atom is -0.365 e. The summed E-state index contributed by atoms with van der Waals surface area (Å²) in [6.07, 6.45) is 3.34. The molecule has 1 aromatic carbocycles. The van der Waals surface area contributed by atoms with Gasteiger partial charge in [-0.05, 0) is 18.6 Å². The molecule has 0 saturated heterocycles. The second-order valence-electron chi connectivity index (χ2n) is 3.77. The van der Waals surface area contributed by atoms with Crippen molar-refractivity contribution in [2.24, 2.45) is 0 Å². The molecule has 0 fully saturated rings. The Morgan fingerprint density at radius 3 is 2.94 bits per heavy atom. The number of para-hydroxylation sites is 1. The largest absolute Gasteiger partial charge is 0.365 e. The van der Waals surface area contributed by atoms with Gasteiger partial charge in [0.2, 0.25) is 5.95 Å². The third-order valence-electron chi connectivity index (χ3n) is 2.38. The number of nitrogens with one attached hydrogen (secondary N) is 2. The maximum absolute atomic E-state index is 4.30. The van der Waals surface area contributed by atoms with Gasteiger partial charge in [0.05, 0.1) is 6.20 Å². The van der Waals surface area contributed by atoms with Gasteiger partial charge in [0.15, 0.2) is 5.82 Å². The quantitative estimate of drug-likeness (QED) is 0.787. The molecule has 0 unspecified atom stereocenters. The van der Waals surface area contributed by atoms with Crippen molar-refractivity contribution in [3.05, 3.63) is 48.7 Å². The van der Waals surface area contributed by atoms with Crippen molar-refractivity contribution in [1.82, 2.24) is 15.2 Å². The van der Waals surface area contributed by atoms with Crippen molar-refractivity contribution >= 4 is 17.5 Å². The molecule has 18 heavy (non-hydrogen) atoms. The molecule has 5 heteroatoms. The average molecular weight is 241 g/mol. The van der Waals surface area contributed by atoms with Gasteiger partial charge in [-0.1, -0.05) is 24.3 Å². The molecular weight excluding hydrogens is 226 g/mol. The van der Waals surface area contributed by atoms with Crippen molar-refractivity contribution in [3.63, 3.8) is 0 Å². The molecule has 0 aliphatic rings. The molecule has 0 amide bonds. The number of aryl methyl sites for hydroxylation is 1. The van der Waals surface area contributed by atoms with Gasteiger partial charge in [0.25, 0.3) is 0 Å². The van der Waals surface area contributed by atoms with E-state index in [4.69, 9.17) is 0 Å². The van der Waals surface area contributed by atoms with Gasteiger partial charge in [-0.15, -0.1) is 11.7 Å². The number of nitrogens with zero attached hydrogens (tertiary/aromatic N) is 3. The van der Waals surface area contributed by atoms with Crippen molar-refractivity contribution in [2.75, 3.05) is 17.2 Å². The van der Waals surface area contributed by atoms with Crippen LogP contribution in [-0.2, 0) is 0 Å². The van der Waals surface area contributed by atoms with E-state index in [1.807, 2.05) is 31.2 Å². The zero-order valence-electron chi connectivity index (χ0n) is 10.2. The molecule has 0 spiro atoms. The number of hydrogen-bond donors (Lipinski definition) is 2. The number of aromatic nitrogens is 3. The molecular formula is C13H15N5. The molecule has 0 aliphatic carbocycles. The zero-order valence-corrected chi connectivity index (χ0v) is 10.2. The summed E-state index contributed by atoms with van der Waals surface area (Å²) in [5, 5.41) is 14.0. The monoisotopic (exact) mass is 241 g/mol. The lowest BCUT2D eigenvalue weighted by Gasteiger charge is -2.08. The molecule has 0 atom stereocenters. The van der Waals surface area contributed by atoms with E-state index in [0.29, 0.717) is 18.3 Å². The first-order valence-corrected chi connectivity index (χ1v) is 5.67. The van der Waals surface area contributed by atoms with E-state index in [1.54, 1.807) is 12.3 Å². The SMILES string of the molecule is C=CCNc1cnnc(Nc2ccccc2C)n1. The van der Waals surface area contributed by atoms with Crippen molar-refractivity contribution < 1.29 is 0 Å². The molecule has 92 valence electrons. The highest BCUT2D eigenvalue weighted by atomic mass is 15.3. The first-order chi connectivity index (χ1) is 8.79. The normalized spacial score (nSPS) is 9.83. The van der Waals surface area contributed by atoms with Crippen LogP contribution in [0.5, 0.6) is 0 Å². The Kier molecular flexibility index (Phi) is 3.86.